The molecule has 116 valence electrons. The first-order valence-electron chi connectivity index (χ1n) is 7.89. The second kappa shape index (κ2) is 6.83. The molecular formula is C17H27N3O. The third-order valence-corrected chi connectivity index (χ3v) is 4.25. The second-order valence-electron chi connectivity index (χ2n) is 6.48. The Labute approximate surface area is 127 Å². The summed E-state index contributed by atoms with van der Waals surface area (Å²) >= 11 is 0. The molecule has 3 N–H and O–H groups in total. The quantitative estimate of drug-likeness (QED) is 0.780. The highest BCUT2D eigenvalue weighted by atomic mass is 16.1. The third kappa shape index (κ3) is 3.90. The standard InChI is InChI=1S/C17H27N3O/c1-11(2)14(12(3)4)10-20-17(21)13-5-6-15-16(9-13)19-8-7-18-15/h5-6,9,11-12,14,18-19H,7-8,10H2,1-4H3,(H,20,21). The van der Waals surface area contributed by atoms with Crippen LogP contribution in [-0.4, -0.2) is 25.5 Å². The van der Waals surface area contributed by atoms with E-state index in [1.165, 1.54) is 0 Å². The number of benzene rings is 1. The Morgan fingerprint density at radius 3 is 2.33 bits per heavy atom. The molecule has 0 atom stereocenters. The highest BCUT2D eigenvalue weighted by molar-refractivity contribution is 5.96. The van der Waals surface area contributed by atoms with Gasteiger partial charge in [-0.25, -0.2) is 0 Å². The third-order valence-electron chi connectivity index (χ3n) is 4.25. The van der Waals surface area contributed by atoms with Crippen LogP contribution in [0.4, 0.5) is 11.4 Å². The van der Waals surface area contributed by atoms with Gasteiger partial charge in [-0.1, -0.05) is 27.7 Å². The van der Waals surface area contributed by atoms with E-state index in [0.29, 0.717) is 17.8 Å². The van der Waals surface area contributed by atoms with Gasteiger partial charge in [0.2, 0.25) is 0 Å². The highest BCUT2D eigenvalue weighted by Crippen LogP contribution is 2.25. The largest absolute Gasteiger partial charge is 0.382 e. The smallest absolute Gasteiger partial charge is 0.251 e. The molecule has 1 aromatic rings. The first-order chi connectivity index (χ1) is 9.99. The summed E-state index contributed by atoms with van der Waals surface area (Å²) in [6.45, 7) is 11.4. The normalized spacial score (nSPS) is 13.9. The maximum absolute atomic E-state index is 12.3. The molecule has 1 amide bonds. The molecule has 21 heavy (non-hydrogen) atoms. The summed E-state index contributed by atoms with van der Waals surface area (Å²) in [5.41, 5.74) is 2.80. The molecule has 4 heteroatoms. The number of fused-ring (bicyclic) bond motifs is 1. The summed E-state index contributed by atoms with van der Waals surface area (Å²) in [4.78, 5) is 12.3. The molecule has 2 rings (SSSR count). The molecular weight excluding hydrogens is 262 g/mol. The summed E-state index contributed by atoms with van der Waals surface area (Å²) in [6.07, 6.45) is 0. The fourth-order valence-corrected chi connectivity index (χ4v) is 2.93. The van der Waals surface area contributed by atoms with Gasteiger partial charge in [-0.2, -0.15) is 0 Å². The molecule has 0 aliphatic carbocycles. The number of carbonyl (C=O) groups excluding carboxylic acids is 1. The summed E-state index contributed by atoms with van der Waals surface area (Å²) < 4.78 is 0. The second-order valence-corrected chi connectivity index (χ2v) is 6.48. The Morgan fingerprint density at radius 2 is 1.71 bits per heavy atom. The van der Waals surface area contributed by atoms with Crippen LogP contribution in [0, 0.1) is 17.8 Å². The van der Waals surface area contributed by atoms with Gasteiger partial charge in [0, 0.05) is 25.2 Å². The van der Waals surface area contributed by atoms with Crippen LogP contribution in [0.5, 0.6) is 0 Å². The van der Waals surface area contributed by atoms with Crippen molar-refractivity contribution in [3.8, 4) is 0 Å². The molecule has 1 aliphatic heterocycles. The van der Waals surface area contributed by atoms with Crippen LogP contribution in [0.2, 0.25) is 0 Å². The monoisotopic (exact) mass is 289 g/mol. The number of nitrogens with one attached hydrogen (secondary N) is 3. The minimum atomic E-state index is 0.0106. The lowest BCUT2D eigenvalue weighted by Gasteiger charge is -2.25. The lowest BCUT2D eigenvalue weighted by atomic mass is 9.85. The van der Waals surface area contributed by atoms with Gasteiger partial charge in [0.15, 0.2) is 0 Å². The number of hydrogen-bond acceptors (Lipinski definition) is 3. The zero-order valence-corrected chi connectivity index (χ0v) is 13.5. The molecule has 0 bridgehead atoms. The van der Waals surface area contributed by atoms with E-state index in [1.54, 1.807) is 0 Å². The lowest BCUT2D eigenvalue weighted by molar-refractivity contribution is 0.0937. The molecule has 0 unspecified atom stereocenters. The van der Waals surface area contributed by atoms with Crippen molar-refractivity contribution in [1.82, 2.24) is 5.32 Å². The van der Waals surface area contributed by atoms with Crippen molar-refractivity contribution >= 4 is 17.3 Å². The Balaban J connectivity index is 2.00. The fraction of sp³-hybridized carbons (Fsp3) is 0.588. The average molecular weight is 289 g/mol. The zero-order chi connectivity index (χ0) is 15.4. The molecule has 0 fully saturated rings. The minimum Gasteiger partial charge on any atom is -0.382 e. The zero-order valence-electron chi connectivity index (χ0n) is 13.5. The highest BCUT2D eigenvalue weighted by Gasteiger charge is 2.19. The van der Waals surface area contributed by atoms with Gasteiger partial charge in [-0.05, 0) is 36.0 Å². The number of carbonyl (C=O) groups is 1. The van der Waals surface area contributed by atoms with E-state index in [0.717, 1.165) is 36.6 Å². The number of amides is 1. The van der Waals surface area contributed by atoms with Crippen molar-refractivity contribution in [2.24, 2.45) is 17.8 Å². The Kier molecular flexibility index (Phi) is 5.10. The topological polar surface area (TPSA) is 53.2 Å². The predicted octanol–water partition coefficient (Wildman–Crippen LogP) is 3.18. The minimum absolute atomic E-state index is 0.0106. The number of hydrogen-bond donors (Lipinski definition) is 3. The van der Waals surface area contributed by atoms with Gasteiger partial charge in [0.1, 0.15) is 0 Å². The van der Waals surface area contributed by atoms with Crippen molar-refractivity contribution in [2.45, 2.75) is 27.7 Å². The molecule has 4 nitrogen and oxygen atoms in total. The Hall–Kier alpha value is -1.71. The maximum atomic E-state index is 12.3. The van der Waals surface area contributed by atoms with Gasteiger partial charge in [-0.15, -0.1) is 0 Å². The van der Waals surface area contributed by atoms with Crippen LogP contribution < -0.4 is 16.0 Å². The van der Waals surface area contributed by atoms with Crippen molar-refractivity contribution in [3.63, 3.8) is 0 Å². The summed E-state index contributed by atoms with van der Waals surface area (Å²) in [5.74, 6) is 1.65. The first kappa shape index (κ1) is 15.7. The van der Waals surface area contributed by atoms with Gasteiger partial charge in [0.25, 0.3) is 5.91 Å². The molecule has 0 spiro atoms. The van der Waals surface area contributed by atoms with Crippen LogP contribution in [0.1, 0.15) is 38.1 Å². The first-order valence-corrected chi connectivity index (χ1v) is 7.89. The maximum Gasteiger partial charge on any atom is 0.251 e. The van der Waals surface area contributed by atoms with Crippen molar-refractivity contribution in [1.29, 1.82) is 0 Å². The van der Waals surface area contributed by atoms with E-state index < -0.39 is 0 Å². The molecule has 0 saturated heterocycles. The Morgan fingerprint density at radius 1 is 1.10 bits per heavy atom. The van der Waals surface area contributed by atoms with E-state index in [2.05, 4.69) is 43.6 Å². The van der Waals surface area contributed by atoms with E-state index in [9.17, 15) is 4.79 Å². The van der Waals surface area contributed by atoms with E-state index in [4.69, 9.17) is 0 Å². The molecule has 0 aromatic heterocycles. The van der Waals surface area contributed by atoms with Gasteiger partial charge < -0.3 is 16.0 Å². The molecule has 0 saturated carbocycles. The van der Waals surface area contributed by atoms with Gasteiger partial charge in [-0.3, -0.25) is 4.79 Å². The van der Waals surface area contributed by atoms with Gasteiger partial charge >= 0.3 is 0 Å². The van der Waals surface area contributed by atoms with Crippen LogP contribution in [0.15, 0.2) is 18.2 Å². The van der Waals surface area contributed by atoms with Crippen molar-refractivity contribution in [2.75, 3.05) is 30.3 Å². The van der Waals surface area contributed by atoms with E-state index in [1.807, 2.05) is 18.2 Å². The van der Waals surface area contributed by atoms with Crippen molar-refractivity contribution in [3.05, 3.63) is 23.8 Å². The van der Waals surface area contributed by atoms with Crippen LogP contribution in [0.3, 0.4) is 0 Å². The summed E-state index contributed by atoms with van der Waals surface area (Å²) in [6, 6.07) is 5.78. The van der Waals surface area contributed by atoms with Crippen LogP contribution >= 0.6 is 0 Å². The van der Waals surface area contributed by atoms with Crippen LogP contribution in [-0.2, 0) is 0 Å². The van der Waals surface area contributed by atoms with Crippen molar-refractivity contribution < 1.29 is 4.79 Å². The van der Waals surface area contributed by atoms with Crippen LogP contribution in [0.25, 0.3) is 0 Å². The number of rotatable bonds is 5. The average Bonchev–Trinajstić information content (AvgIpc) is 2.46. The molecule has 0 radical (unpaired) electrons. The summed E-state index contributed by atoms with van der Waals surface area (Å²) in [5, 5.41) is 9.71. The number of anilines is 2. The SMILES string of the molecule is CC(C)C(CNC(=O)c1ccc2c(c1)NCCN2)C(C)C. The fourth-order valence-electron chi connectivity index (χ4n) is 2.93. The van der Waals surface area contributed by atoms with Gasteiger partial charge in [0.05, 0.1) is 11.4 Å². The summed E-state index contributed by atoms with van der Waals surface area (Å²) in [7, 11) is 0. The lowest BCUT2D eigenvalue weighted by Crippen LogP contribution is -2.34. The molecule has 1 aliphatic rings. The Bertz CT molecular complexity index is 489. The molecule has 1 aromatic carbocycles. The molecule has 1 heterocycles. The van der Waals surface area contributed by atoms with E-state index >= 15 is 0 Å². The predicted molar refractivity (Wildman–Crippen MR) is 88.9 cm³/mol. The van der Waals surface area contributed by atoms with E-state index in [-0.39, 0.29) is 5.91 Å².